The number of terminal acetylenes is 1. The molecule has 2 heteroatoms. The van der Waals surface area contributed by atoms with Crippen molar-refractivity contribution in [3.8, 4) is 18.1 Å². The van der Waals surface area contributed by atoms with Crippen LogP contribution >= 0.6 is 0 Å². The number of rotatable bonds is 6. The number of hydrogen-bond donors (Lipinski definition) is 1. The van der Waals surface area contributed by atoms with E-state index in [-0.39, 0.29) is 0 Å². The van der Waals surface area contributed by atoms with Gasteiger partial charge in [0, 0.05) is 12.5 Å². The fraction of sp³-hybridized carbons (Fsp3) is 0.429. The standard InChI is InChI=1S/C14H19NO/c1-4-5-6-10-15-12(2)13-8-7-9-14(11-13)16-3/h1,7-9,11-12,15H,5-6,10H2,2-3H3. The van der Waals surface area contributed by atoms with Crippen LogP contribution < -0.4 is 10.1 Å². The van der Waals surface area contributed by atoms with Crippen LogP contribution in [0.4, 0.5) is 0 Å². The minimum atomic E-state index is 0.327. The lowest BCUT2D eigenvalue weighted by molar-refractivity contribution is 0.413. The fourth-order valence-corrected chi connectivity index (χ4v) is 1.54. The normalized spacial score (nSPS) is 11.8. The molecule has 0 radical (unpaired) electrons. The molecule has 1 aromatic rings. The van der Waals surface area contributed by atoms with Gasteiger partial charge in [0.05, 0.1) is 7.11 Å². The zero-order valence-electron chi connectivity index (χ0n) is 9.99. The highest BCUT2D eigenvalue weighted by molar-refractivity contribution is 5.30. The van der Waals surface area contributed by atoms with E-state index in [1.54, 1.807) is 7.11 Å². The number of nitrogens with one attached hydrogen (secondary N) is 1. The first-order valence-electron chi connectivity index (χ1n) is 5.58. The average molecular weight is 217 g/mol. The van der Waals surface area contributed by atoms with E-state index >= 15 is 0 Å². The molecule has 0 bridgehead atoms. The van der Waals surface area contributed by atoms with E-state index in [1.165, 1.54) is 5.56 Å². The third-order valence-electron chi connectivity index (χ3n) is 2.54. The molecular weight excluding hydrogens is 198 g/mol. The molecule has 1 aromatic carbocycles. The smallest absolute Gasteiger partial charge is 0.119 e. The van der Waals surface area contributed by atoms with E-state index in [1.807, 2.05) is 12.1 Å². The van der Waals surface area contributed by atoms with Crippen LogP contribution in [0.5, 0.6) is 5.75 Å². The van der Waals surface area contributed by atoms with Gasteiger partial charge in [0.2, 0.25) is 0 Å². The summed E-state index contributed by atoms with van der Waals surface area (Å²) in [5.41, 5.74) is 1.24. The van der Waals surface area contributed by atoms with Gasteiger partial charge in [-0.1, -0.05) is 12.1 Å². The zero-order chi connectivity index (χ0) is 11.8. The largest absolute Gasteiger partial charge is 0.497 e. The lowest BCUT2D eigenvalue weighted by atomic mass is 10.1. The fourth-order valence-electron chi connectivity index (χ4n) is 1.54. The van der Waals surface area contributed by atoms with Crippen molar-refractivity contribution in [3.63, 3.8) is 0 Å². The number of hydrogen-bond acceptors (Lipinski definition) is 2. The number of ether oxygens (including phenoxy) is 1. The summed E-state index contributed by atoms with van der Waals surface area (Å²) < 4.78 is 5.19. The minimum absolute atomic E-state index is 0.327. The molecule has 0 aliphatic heterocycles. The molecule has 1 unspecified atom stereocenters. The molecule has 1 N–H and O–H groups in total. The van der Waals surface area contributed by atoms with Crippen molar-refractivity contribution in [2.75, 3.05) is 13.7 Å². The molecule has 0 aliphatic carbocycles. The Labute approximate surface area is 98.0 Å². The molecule has 86 valence electrons. The molecule has 16 heavy (non-hydrogen) atoms. The highest BCUT2D eigenvalue weighted by atomic mass is 16.5. The van der Waals surface area contributed by atoms with Gasteiger partial charge in [-0.2, -0.15) is 0 Å². The first kappa shape index (κ1) is 12.6. The molecular formula is C14H19NO. The van der Waals surface area contributed by atoms with Gasteiger partial charge >= 0.3 is 0 Å². The van der Waals surface area contributed by atoms with Crippen molar-refractivity contribution in [1.29, 1.82) is 0 Å². The molecule has 0 aromatic heterocycles. The Morgan fingerprint density at radius 1 is 1.50 bits per heavy atom. The van der Waals surface area contributed by atoms with Crippen LogP contribution in [0.15, 0.2) is 24.3 Å². The number of methoxy groups -OCH3 is 1. The van der Waals surface area contributed by atoms with Crippen LogP contribution in [0.2, 0.25) is 0 Å². The maximum atomic E-state index is 5.20. The Morgan fingerprint density at radius 3 is 3.00 bits per heavy atom. The van der Waals surface area contributed by atoms with Crippen LogP contribution in [0.25, 0.3) is 0 Å². The highest BCUT2D eigenvalue weighted by Crippen LogP contribution is 2.18. The molecule has 0 aliphatic rings. The SMILES string of the molecule is C#CCCCNC(C)c1cccc(OC)c1. The van der Waals surface area contributed by atoms with E-state index in [0.29, 0.717) is 6.04 Å². The van der Waals surface area contributed by atoms with Gasteiger partial charge in [0.25, 0.3) is 0 Å². The zero-order valence-corrected chi connectivity index (χ0v) is 9.99. The van der Waals surface area contributed by atoms with Crippen molar-refractivity contribution < 1.29 is 4.74 Å². The third-order valence-corrected chi connectivity index (χ3v) is 2.54. The Kier molecular flexibility index (Phi) is 5.45. The van der Waals surface area contributed by atoms with Crippen molar-refractivity contribution in [3.05, 3.63) is 29.8 Å². The highest BCUT2D eigenvalue weighted by Gasteiger charge is 2.04. The summed E-state index contributed by atoms with van der Waals surface area (Å²) in [4.78, 5) is 0. The quantitative estimate of drug-likeness (QED) is 0.584. The summed E-state index contributed by atoms with van der Waals surface area (Å²) in [5.74, 6) is 3.54. The summed E-state index contributed by atoms with van der Waals surface area (Å²) in [6.45, 7) is 3.09. The monoisotopic (exact) mass is 217 g/mol. The van der Waals surface area contributed by atoms with Crippen molar-refractivity contribution in [2.45, 2.75) is 25.8 Å². The van der Waals surface area contributed by atoms with Crippen LogP contribution in [-0.2, 0) is 0 Å². The lowest BCUT2D eigenvalue weighted by Gasteiger charge is -2.14. The predicted octanol–water partition coefficient (Wildman–Crippen LogP) is 2.76. The second-order valence-corrected chi connectivity index (χ2v) is 3.76. The number of benzene rings is 1. The average Bonchev–Trinajstić information content (AvgIpc) is 2.34. The topological polar surface area (TPSA) is 21.3 Å². The van der Waals surface area contributed by atoms with Gasteiger partial charge in [-0.15, -0.1) is 12.3 Å². The molecule has 2 nitrogen and oxygen atoms in total. The van der Waals surface area contributed by atoms with Gasteiger partial charge in [-0.3, -0.25) is 0 Å². The summed E-state index contributed by atoms with van der Waals surface area (Å²) in [6, 6.07) is 8.44. The number of unbranched alkanes of at least 4 members (excludes halogenated alkanes) is 1. The van der Waals surface area contributed by atoms with E-state index < -0.39 is 0 Å². The third kappa shape index (κ3) is 3.96. The lowest BCUT2D eigenvalue weighted by Crippen LogP contribution is -2.19. The maximum absolute atomic E-state index is 5.20. The molecule has 0 heterocycles. The molecule has 0 spiro atoms. The van der Waals surface area contributed by atoms with Crippen LogP contribution in [0.1, 0.15) is 31.4 Å². The van der Waals surface area contributed by atoms with Gasteiger partial charge in [-0.05, 0) is 37.6 Å². The summed E-state index contributed by atoms with van der Waals surface area (Å²) in [7, 11) is 1.68. The van der Waals surface area contributed by atoms with Crippen LogP contribution in [0.3, 0.4) is 0 Å². The minimum Gasteiger partial charge on any atom is -0.497 e. The van der Waals surface area contributed by atoms with Gasteiger partial charge in [0.1, 0.15) is 5.75 Å². The molecule has 1 atom stereocenters. The molecule has 1 rings (SSSR count). The Balaban J connectivity index is 2.46. The van der Waals surface area contributed by atoms with E-state index in [9.17, 15) is 0 Å². The predicted molar refractivity (Wildman–Crippen MR) is 67.5 cm³/mol. The van der Waals surface area contributed by atoms with E-state index in [0.717, 1.165) is 25.1 Å². The molecule has 0 saturated carbocycles. The first-order chi connectivity index (χ1) is 7.77. The second-order valence-electron chi connectivity index (χ2n) is 3.76. The van der Waals surface area contributed by atoms with E-state index in [2.05, 4.69) is 30.3 Å². The first-order valence-corrected chi connectivity index (χ1v) is 5.58. The van der Waals surface area contributed by atoms with Gasteiger partial charge in [-0.25, -0.2) is 0 Å². The molecule has 0 saturated heterocycles. The second kappa shape index (κ2) is 6.92. The van der Waals surface area contributed by atoms with Crippen molar-refractivity contribution in [1.82, 2.24) is 5.32 Å². The summed E-state index contributed by atoms with van der Waals surface area (Å²) in [6.07, 6.45) is 7.05. The molecule has 0 amide bonds. The van der Waals surface area contributed by atoms with Gasteiger partial charge < -0.3 is 10.1 Å². The Bertz CT molecular complexity index is 354. The van der Waals surface area contributed by atoms with Crippen LogP contribution in [0, 0.1) is 12.3 Å². The van der Waals surface area contributed by atoms with Crippen LogP contribution in [-0.4, -0.2) is 13.7 Å². The summed E-state index contributed by atoms with van der Waals surface area (Å²) >= 11 is 0. The maximum Gasteiger partial charge on any atom is 0.119 e. The van der Waals surface area contributed by atoms with Crippen molar-refractivity contribution >= 4 is 0 Å². The van der Waals surface area contributed by atoms with Gasteiger partial charge in [0.15, 0.2) is 0 Å². The van der Waals surface area contributed by atoms with Crippen molar-refractivity contribution in [2.24, 2.45) is 0 Å². The van der Waals surface area contributed by atoms with E-state index in [4.69, 9.17) is 11.2 Å². The molecule has 0 fully saturated rings. The Morgan fingerprint density at radius 2 is 2.31 bits per heavy atom. The Hall–Kier alpha value is -1.46. The summed E-state index contributed by atoms with van der Waals surface area (Å²) in [5, 5.41) is 3.43.